The van der Waals surface area contributed by atoms with Crippen LogP contribution in [0.2, 0.25) is 0 Å². The number of terminal acetylenes is 1. The molecule has 0 radical (unpaired) electrons. The van der Waals surface area contributed by atoms with Crippen LogP contribution in [0.25, 0.3) is 0 Å². The van der Waals surface area contributed by atoms with Crippen LogP contribution in [0.4, 0.5) is 0 Å². The lowest BCUT2D eigenvalue weighted by molar-refractivity contribution is 0.0936. The number of rotatable bonds is 4. The Bertz CT molecular complexity index is 380. The predicted octanol–water partition coefficient (Wildman–Crippen LogP) is 0.743. The molecule has 1 unspecified atom stereocenters. The highest BCUT2D eigenvalue weighted by Crippen LogP contribution is 2.08. The molecule has 0 spiro atoms. The first-order valence-electron chi connectivity index (χ1n) is 4.56. The molecule has 0 saturated carbocycles. The van der Waals surface area contributed by atoms with Gasteiger partial charge < -0.3 is 11.1 Å². The van der Waals surface area contributed by atoms with Gasteiger partial charge >= 0.3 is 0 Å². The minimum atomic E-state index is -0.200. The summed E-state index contributed by atoms with van der Waals surface area (Å²) in [7, 11) is 0. The summed E-state index contributed by atoms with van der Waals surface area (Å²) in [4.78, 5) is 15.7. The molecular formula is C10H13N3OS. The third-order valence-corrected chi connectivity index (χ3v) is 2.63. The van der Waals surface area contributed by atoms with Gasteiger partial charge in [0.1, 0.15) is 10.7 Å². The molecule has 1 aromatic heterocycles. The number of nitrogens with two attached hydrogens (primary N) is 1. The second-order valence-corrected chi connectivity index (χ2v) is 4.06. The van der Waals surface area contributed by atoms with Crippen molar-refractivity contribution in [3.05, 3.63) is 16.1 Å². The highest BCUT2D eigenvalue weighted by atomic mass is 32.1. The highest BCUT2D eigenvalue weighted by Gasteiger charge is 2.12. The molecule has 1 heterocycles. The molecule has 0 aliphatic carbocycles. The van der Waals surface area contributed by atoms with Crippen molar-refractivity contribution in [2.24, 2.45) is 5.73 Å². The molecular weight excluding hydrogens is 210 g/mol. The van der Waals surface area contributed by atoms with Crippen molar-refractivity contribution < 1.29 is 4.79 Å². The average molecular weight is 223 g/mol. The highest BCUT2D eigenvalue weighted by molar-refractivity contribution is 7.09. The molecule has 3 N–H and O–H groups in total. The standard InChI is InChI=1S/C10H13N3OS/c1-3-4-7(2)12-10(14)8-6-15-9(5-11)13-8/h1,6-7H,4-5,11H2,2H3,(H,12,14). The summed E-state index contributed by atoms with van der Waals surface area (Å²) in [5, 5.41) is 5.21. The van der Waals surface area contributed by atoms with Gasteiger partial charge in [-0.05, 0) is 6.92 Å². The zero-order valence-electron chi connectivity index (χ0n) is 8.49. The fraction of sp³-hybridized carbons (Fsp3) is 0.400. The van der Waals surface area contributed by atoms with E-state index in [1.54, 1.807) is 5.38 Å². The first-order chi connectivity index (χ1) is 7.17. The number of carbonyl (C=O) groups is 1. The summed E-state index contributed by atoms with van der Waals surface area (Å²) in [5.74, 6) is 2.29. The van der Waals surface area contributed by atoms with Gasteiger partial charge in [0.15, 0.2) is 0 Å². The van der Waals surface area contributed by atoms with Crippen molar-refractivity contribution in [3.8, 4) is 12.3 Å². The maximum absolute atomic E-state index is 11.6. The summed E-state index contributed by atoms with van der Waals surface area (Å²) in [6, 6.07) is -0.0365. The first kappa shape index (κ1) is 11.7. The van der Waals surface area contributed by atoms with E-state index in [-0.39, 0.29) is 11.9 Å². The largest absolute Gasteiger partial charge is 0.347 e. The summed E-state index contributed by atoms with van der Waals surface area (Å²) < 4.78 is 0. The Morgan fingerprint density at radius 3 is 3.13 bits per heavy atom. The molecule has 4 nitrogen and oxygen atoms in total. The van der Waals surface area contributed by atoms with Gasteiger partial charge in [-0.2, -0.15) is 0 Å². The van der Waals surface area contributed by atoms with Crippen molar-refractivity contribution in [1.82, 2.24) is 10.3 Å². The summed E-state index contributed by atoms with van der Waals surface area (Å²) in [5.41, 5.74) is 5.81. The van der Waals surface area contributed by atoms with Crippen LogP contribution in [0.15, 0.2) is 5.38 Å². The Morgan fingerprint density at radius 2 is 2.60 bits per heavy atom. The number of carbonyl (C=O) groups excluding carboxylic acids is 1. The maximum atomic E-state index is 11.6. The Labute approximate surface area is 92.9 Å². The molecule has 0 aliphatic heterocycles. The van der Waals surface area contributed by atoms with Crippen molar-refractivity contribution in [2.75, 3.05) is 0 Å². The van der Waals surface area contributed by atoms with Crippen LogP contribution in [0.3, 0.4) is 0 Å². The number of hydrogen-bond acceptors (Lipinski definition) is 4. The first-order valence-corrected chi connectivity index (χ1v) is 5.44. The third-order valence-electron chi connectivity index (χ3n) is 1.76. The Morgan fingerprint density at radius 1 is 1.87 bits per heavy atom. The van der Waals surface area contributed by atoms with E-state index in [1.807, 2.05) is 6.92 Å². The third kappa shape index (κ3) is 3.35. The molecule has 5 heteroatoms. The van der Waals surface area contributed by atoms with E-state index in [1.165, 1.54) is 11.3 Å². The molecule has 1 aromatic rings. The van der Waals surface area contributed by atoms with Gasteiger partial charge in [-0.25, -0.2) is 4.98 Å². The lowest BCUT2D eigenvalue weighted by Crippen LogP contribution is -2.32. The van der Waals surface area contributed by atoms with Crippen LogP contribution in [0.5, 0.6) is 0 Å². The van der Waals surface area contributed by atoms with Crippen LogP contribution in [0, 0.1) is 12.3 Å². The van der Waals surface area contributed by atoms with E-state index in [0.29, 0.717) is 18.7 Å². The van der Waals surface area contributed by atoms with Gasteiger partial charge in [0, 0.05) is 24.4 Å². The zero-order chi connectivity index (χ0) is 11.3. The van der Waals surface area contributed by atoms with E-state index in [9.17, 15) is 4.79 Å². The van der Waals surface area contributed by atoms with Gasteiger partial charge in [0.05, 0.1) is 0 Å². The topological polar surface area (TPSA) is 68.0 Å². The maximum Gasteiger partial charge on any atom is 0.270 e. The van der Waals surface area contributed by atoms with Crippen LogP contribution in [-0.2, 0) is 6.54 Å². The fourth-order valence-electron chi connectivity index (χ4n) is 1.03. The number of amides is 1. The summed E-state index contributed by atoms with van der Waals surface area (Å²) in [6.45, 7) is 2.21. The normalized spacial score (nSPS) is 11.8. The molecule has 80 valence electrons. The Hall–Kier alpha value is -1.38. The van der Waals surface area contributed by atoms with Crippen molar-refractivity contribution in [2.45, 2.75) is 25.9 Å². The quantitative estimate of drug-likeness (QED) is 0.740. The van der Waals surface area contributed by atoms with Gasteiger partial charge in [-0.15, -0.1) is 23.7 Å². The number of nitrogens with zero attached hydrogens (tertiary/aromatic N) is 1. The predicted molar refractivity (Wildman–Crippen MR) is 60.4 cm³/mol. The number of nitrogens with one attached hydrogen (secondary N) is 1. The van der Waals surface area contributed by atoms with E-state index < -0.39 is 0 Å². The molecule has 1 amide bonds. The van der Waals surface area contributed by atoms with E-state index in [2.05, 4.69) is 16.2 Å². The Balaban J connectivity index is 2.57. The number of hydrogen-bond donors (Lipinski definition) is 2. The number of aromatic nitrogens is 1. The molecule has 0 aliphatic rings. The lowest BCUT2D eigenvalue weighted by Gasteiger charge is -2.08. The van der Waals surface area contributed by atoms with E-state index >= 15 is 0 Å². The Kier molecular flexibility index (Phi) is 4.28. The second-order valence-electron chi connectivity index (χ2n) is 3.11. The minimum Gasteiger partial charge on any atom is -0.347 e. The zero-order valence-corrected chi connectivity index (χ0v) is 9.30. The SMILES string of the molecule is C#CCC(C)NC(=O)c1csc(CN)n1. The molecule has 0 saturated heterocycles. The van der Waals surface area contributed by atoms with Crippen LogP contribution in [0.1, 0.15) is 28.8 Å². The number of thiazole rings is 1. The lowest BCUT2D eigenvalue weighted by atomic mass is 10.2. The van der Waals surface area contributed by atoms with Gasteiger partial charge in [0.2, 0.25) is 0 Å². The molecule has 15 heavy (non-hydrogen) atoms. The van der Waals surface area contributed by atoms with Gasteiger partial charge in [0.25, 0.3) is 5.91 Å². The smallest absolute Gasteiger partial charge is 0.270 e. The van der Waals surface area contributed by atoms with Gasteiger partial charge in [-0.1, -0.05) is 0 Å². The molecule has 0 fully saturated rings. The van der Waals surface area contributed by atoms with Crippen LogP contribution in [-0.4, -0.2) is 16.9 Å². The fourth-order valence-corrected chi connectivity index (χ4v) is 1.69. The van der Waals surface area contributed by atoms with E-state index in [0.717, 1.165) is 5.01 Å². The summed E-state index contributed by atoms with van der Waals surface area (Å²) in [6.07, 6.45) is 5.65. The average Bonchev–Trinajstić information content (AvgIpc) is 2.66. The van der Waals surface area contributed by atoms with Gasteiger partial charge in [-0.3, -0.25) is 4.79 Å². The van der Waals surface area contributed by atoms with Crippen molar-refractivity contribution in [3.63, 3.8) is 0 Å². The molecule has 1 rings (SSSR count). The molecule has 1 atom stereocenters. The van der Waals surface area contributed by atoms with Crippen LogP contribution < -0.4 is 11.1 Å². The second kappa shape index (κ2) is 5.49. The molecule has 0 aromatic carbocycles. The van der Waals surface area contributed by atoms with Crippen LogP contribution >= 0.6 is 11.3 Å². The van der Waals surface area contributed by atoms with Crippen molar-refractivity contribution in [1.29, 1.82) is 0 Å². The monoisotopic (exact) mass is 223 g/mol. The molecule has 0 bridgehead atoms. The summed E-state index contributed by atoms with van der Waals surface area (Å²) >= 11 is 1.38. The van der Waals surface area contributed by atoms with Crippen molar-refractivity contribution >= 4 is 17.2 Å². The van der Waals surface area contributed by atoms with E-state index in [4.69, 9.17) is 12.2 Å². The minimum absolute atomic E-state index is 0.0365.